The number of benzene rings is 1. The molecule has 0 spiro atoms. The van der Waals surface area contributed by atoms with Gasteiger partial charge in [-0.3, -0.25) is 4.79 Å². The molecule has 5 nitrogen and oxygen atoms in total. The molecule has 0 aliphatic carbocycles. The van der Waals surface area contributed by atoms with Crippen molar-refractivity contribution >= 4 is 11.6 Å². The molecule has 0 bridgehead atoms. The molecule has 0 radical (unpaired) electrons. The van der Waals surface area contributed by atoms with Crippen LogP contribution in [0.15, 0.2) is 35.2 Å². The lowest BCUT2D eigenvalue weighted by molar-refractivity contribution is -0.117. The molecule has 0 saturated carbocycles. The van der Waals surface area contributed by atoms with Crippen LogP contribution in [0, 0.1) is 12.8 Å². The van der Waals surface area contributed by atoms with E-state index in [0.29, 0.717) is 18.1 Å². The Balaban J connectivity index is 2.09. The molecule has 3 N–H and O–H groups in total. The first-order valence-corrected chi connectivity index (χ1v) is 7.03. The number of carbonyl (C=O) groups excluding carboxylic acids is 1. The van der Waals surface area contributed by atoms with E-state index >= 15 is 0 Å². The molecule has 0 fully saturated rings. The molecule has 1 aromatic carbocycles. The van der Waals surface area contributed by atoms with E-state index in [-0.39, 0.29) is 5.91 Å². The molecular formula is C16H21N3O2. The minimum atomic E-state index is -0.487. The fourth-order valence-electron chi connectivity index (χ4n) is 2.22. The number of anilines is 1. The first kappa shape index (κ1) is 15.3. The molecule has 21 heavy (non-hydrogen) atoms. The van der Waals surface area contributed by atoms with Crippen LogP contribution in [0.3, 0.4) is 0 Å². The first-order valence-electron chi connectivity index (χ1n) is 7.03. The zero-order chi connectivity index (χ0) is 15.4. The Morgan fingerprint density at radius 1 is 1.43 bits per heavy atom. The fourth-order valence-corrected chi connectivity index (χ4v) is 2.22. The van der Waals surface area contributed by atoms with Gasteiger partial charge < -0.3 is 15.5 Å². The van der Waals surface area contributed by atoms with E-state index in [1.807, 2.05) is 39.0 Å². The van der Waals surface area contributed by atoms with Crippen LogP contribution in [-0.4, -0.2) is 16.9 Å². The van der Waals surface area contributed by atoms with Crippen molar-refractivity contribution in [3.63, 3.8) is 0 Å². The number of carbonyl (C=O) groups is 1. The lowest BCUT2D eigenvalue weighted by atomic mass is 10.0. The second-order valence-corrected chi connectivity index (χ2v) is 5.62. The van der Waals surface area contributed by atoms with Crippen molar-refractivity contribution in [2.75, 3.05) is 5.32 Å². The van der Waals surface area contributed by atoms with E-state index < -0.39 is 6.04 Å². The molecule has 1 unspecified atom stereocenters. The van der Waals surface area contributed by atoms with Gasteiger partial charge in [0.15, 0.2) is 12.2 Å². The normalized spacial score (nSPS) is 12.4. The monoisotopic (exact) mass is 287 g/mol. The zero-order valence-electron chi connectivity index (χ0n) is 12.6. The Kier molecular flexibility index (Phi) is 4.75. The van der Waals surface area contributed by atoms with Crippen LogP contribution in [0.1, 0.15) is 25.8 Å². The van der Waals surface area contributed by atoms with Crippen molar-refractivity contribution in [3.05, 3.63) is 36.4 Å². The Bertz CT molecular complexity index is 606. The molecule has 112 valence electrons. The van der Waals surface area contributed by atoms with E-state index in [4.69, 9.17) is 10.2 Å². The number of nitrogens with two attached hydrogens (primary N) is 1. The molecule has 0 aliphatic heterocycles. The Morgan fingerprint density at radius 2 is 2.19 bits per heavy atom. The maximum absolute atomic E-state index is 12.0. The van der Waals surface area contributed by atoms with Crippen LogP contribution < -0.4 is 11.1 Å². The number of nitrogens with zero attached hydrogens (tertiary/aromatic N) is 1. The molecule has 5 heteroatoms. The van der Waals surface area contributed by atoms with E-state index in [2.05, 4.69) is 10.3 Å². The summed E-state index contributed by atoms with van der Waals surface area (Å²) in [7, 11) is 0. The number of amides is 1. The highest BCUT2D eigenvalue weighted by atomic mass is 16.3. The third-order valence-electron chi connectivity index (χ3n) is 3.25. The summed E-state index contributed by atoms with van der Waals surface area (Å²) in [6.45, 7) is 6.05. The Hall–Kier alpha value is -2.14. The summed E-state index contributed by atoms with van der Waals surface area (Å²) in [4.78, 5) is 15.9. The van der Waals surface area contributed by atoms with Gasteiger partial charge in [0.25, 0.3) is 0 Å². The van der Waals surface area contributed by atoms with Crippen LogP contribution >= 0.6 is 0 Å². The molecule has 1 heterocycles. The number of hydrogen-bond acceptors (Lipinski definition) is 4. The fraction of sp³-hybridized carbons (Fsp3) is 0.375. The van der Waals surface area contributed by atoms with Gasteiger partial charge in [-0.25, -0.2) is 4.98 Å². The number of aromatic nitrogens is 1. The zero-order valence-corrected chi connectivity index (χ0v) is 12.6. The molecule has 1 aromatic heterocycles. The van der Waals surface area contributed by atoms with Crippen LogP contribution in [-0.2, 0) is 4.79 Å². The summed E-state index contributed by atoms with van der Waals surface area (Å²) in [6, 6.07) is 5.15. The average Bonchev–Trinajstić information content (AvgIpc) is 2.91. The standard InChI is InChI=1S/C16H21N3O2/c1-10(2)6-14(17)16(20)19-12-4-5-13(11(3)7-12)15-8-18-9-21-15/h4-5,7-10,14H,6,17H2,1-3H3,(H,19,20). The smallest absolute Gasteiger partial charge is 0.241 e. The summed E-state index contributed by atoms with van der Waals surface area (Å²) < 4.78 is 5.28. The maximum atomic E-state index is 12.0. The van der Waals surface area contributed by atoms with Crippen molar-refractivity contribution in [2.45, 2.75) is 33.2 Å². The number of hydrogen-bond donors (Lipinski definition) is 2. The number of oxazole rings is 1. The summed E-state index contributed by atoms with van der Waals surface area (Å²) in [5.41, 5.74) is 8.57. The highest BCUT2D eigenvalue weighted by Gasteiger charge is 2.15. The third-order valence-corrected chi connectivity index (χ3v) is 3.25. The van der Waals surface area contributed by atoms with Crippen LogP contribution in [0.25, 0.3) is 11.3 Å². The SMILES string of the molecule is Cc1cc(NC(=O)C(N)CC(C)C)ccc1-c1cnco1. The van der Waals surface area contributed by atoms with Gasteiger partial charge in [0, 0.05) is 11.3 Å². The van der Waals surface area contributed by atoms with Crippen LogP contribution in [0.5, 0.6) is 0 Å². The molecule has 1 amide bonds. The summed E-state index contributed by atoms with van der Waals surface area (Å²) in [6.07, 6.45) is 3.73. The Morgan fingerprint density at radius 3 is 2.76 bits per heavy atom. The molecule has 2 rings (SSSR count). The minimum absolute atomic E-state index is 0.157. The average molecular weight is 287 g/mol. The molecule has 0 saturated heterocycles. The summed E-state index contributed by atoms with van der Waals surface area (Å²) in [5, 5.41) is 2.85. The van der Waals surface area contributed by atoms with Gasteiger partial charge in [0.1, 0.15) is 0 Å². The lowest BCUT2D eigenvalue weighted by Gasteiger charge is -2.15. The Labute approximate surface area is 124 Å². The predicted molar refractivity (Wildman–Crippen MR) is 82.7 cm³/mol. The van der Waals surface area contributed by atoms with Gasteiger partial charge in [-0.15, -0.1) is 0 Å². The van der Waals surface area contributed by atoms with E-state index in [9.17, 15) is 4.79 Å². The van der Waals surface area contributed by atoms with Crippen molar-refractivity contribution in [3.8, 4) is 11.3 Å². The summed E-state index contributed by atoms with van der Waals surface area (Å²) >= 11 is 0. The van der Waals surface area contributed by atoms with Crippen molar-refractivity contribution in [1.29, 1.82) is 0 Å². The first-order chi connectivity index (χ1) is 9.97. The third kappa shape index (κ3) is 3.92. The number of aryl methyl sites for hydroxylation is 1. The predicted octanol–water partition coefficient (Wildman–Crippen LogP) is 2.96. The second kappa shape index (κ2) is 6.54. The topological polar surface area (TPSA) is 81.2 Å². The van der Waals surface area contributed by atoms with Gasteiger partial charge in [-0.05, 0) is 43.0 Å². The van der Waals surface area contributed by atoms with E-state index in [0.717, 1.165) is 16.8 Å². The lowest BCUT2D eigenvalue weighted by Crippen LogP contribution is -2.36. The van der Waals surface area contributed by atoms with Crippen LogP contribution in [0.2, 0.25) is 0 Å². The van der Waals surface area contributed by atoms with Gasteiger partial charge in [0.2, 0.25) is 5.91 Å². The van der Waals surface area contributed by atoms with Crippen molar-refractivity contribution < 1.29 is 9.21 Å². The van der Waals surface area contributed by atoms with Gasteiger partial charge in [-0.1, -0.05) is 13.8 Å². The van der Waals surface area contributed by atoms with Crippen LogP contribution in [0.4, 0.5) is 5.69 Å². The van der Waals surface area contributed by atoms with Gasteiger partial charge >= 0.3 is 0 Å². The van der Waals surface area contributed by atoms with E-state index in [1.54, 1.807) is 6.20 Å². The van der Waals surface area contributed by atoms with Crippen molar-refractivity contribution in [2.24, 2.45) is 11.7 Å². The van der Waals surface area contributed by atoms with Crippen molar-refractivity contribution in [1.82, 2.24) is 4.98 Å². The molecule has 1 atom stereocenters. The van der Waals surface area contributed by atoms with Gasteiger partial charge in [-0.2, -0.15) is 0 Å². The van der Waals surface area contributed by atoms with Gasteiger partial charge in [0.05, 0.1) is 12.2 Å². The molecular weight excluding hydrogens is 266 g/mol. The van der Waals surface area contributed by atoms with E-state index in [1.165, 1.54) is 6.39 Å². The largest absolute Gasteiger partial charge is 0.444 e. The second-order valence-electron chi connectivity index (χ2n) is 5.62. The number of rotatable bonds is 5. The molecule has 2 aromatic rings. The maximum Gasteiger partial charge on any atom is 0.241 e. The number of nitrogens with one attached hydrogen (secondary N) is 1. The molecule has 0 aliphatic rings. The highest BCUT2D eigenvalue weighted by Crippen LogP contribution is 2.25. The quantitative estimate of drug-likeness (QED) is 0.885. The highest BCUT2D eigenvalue weighted by molar-refractivity contribution is 5.95. The minimum Gasteiger partial charge on any atom is -0.444 e. The summed E-state index contributed by atoms with van der Waals surface area (Å²) in [5.74, 6) is 0.943.